The minimum absolute atomic E-state index is 0.139. The molecular formula is C29H39N10OPS2. The number of carbonyl (C=O) groups excluding carboxylic acids is 1. The van der Waals surface area contributed by atoms with E-state index in [1.54, 1.807) is 17.5 Å². The fourth-order valence-corrected chi connectivity index (χ4v) is 6.91. The Hall–Kier alpha value is -3.54. The van der Waals surface area contributed by atoms with Crippen molar-refractivity contribution in [3.63, 3.8) is 0 Å². The van der Waals surface area contributed by atoms with Crippen molar-refractivity contribution < 1.29 is 4.79 Å². The summed E-state index contributed by atoms with van der Waals surface area (Å²) in [5, 5.41) is 26.5. The summed E-state index contributed by atoms with van der Waals surface area (Å²) in [5.41, 5.74) is 3.94. The molecule has 228 valence electrons. The molecule has 0 aliphatic heterocycles. The van der Waals surface area contributed by atoms with Crippen LogP contribution in [0.3, 0.4) is 0 Å². The van der Waals surface area contributed by atoms with E-state index in [1.807, 2.05) is 70.3 Å². The average Bonchev–Trinajstić information content (AvgIpc) is 3.68. The second-order valence-electron chi connectivity index (χ2n) is 10.6. The number of hydrogen-bond donors (Lipinski definition) is 2. The fourth-order valence-electron chi connectivity index (χ4n) is 4.97. The monoisotopic (exact) mass is 638 g/mol. The molecule has 4 aromatic rings. The number of pyridine rings is 2. The predicted octanol–water partition coefficient (Wildman–Crippen LogP) is 5.15. The lowest BCUT2D eigenvalue weighted by atomic mass is 9.82. The van der Waals surface area contributed by atoms with Gasteiger partial charge in [-0.15, -0.1) is 29.3 Å². The topological polar surface area (TPSA) is 125 Å². The Bertz CT molecular complexity index is 1490. The van der Waals surface area contributed by atoms with Gasteiger partial charge in [0.15, 0.2) is 0 Å². The Morgan fingerprint density at radius 2 is 1.47 bits per heavy atom. The van der Waals surface area contributed by atoms with Crippen molar-refractivity contribution in [1.82, 2.24) is 30.4 Å². The van der Waals surface area contributed by atoms with E-state index in [2.05, 4.69) is 60.8 Å². The molecule has 5 rings (SSSR count). The van der Waals surface area contributed by atoms with Crippen LogP contribution in [-0.4, -0.2) is 77.3 Å². The fraction of sp³-hybridized carbons (Fsp3) is 0.448. The standard InChI is InChI=1S/C20H26N8OS2.C9H13N2P/c1-21-19-26-24-17(30-19)12-6-4-7-13(10-12)18-25-27-20(31-18)23-16(29)11-14-15(28(2)3)8-5-9-22-14;1-11(2)9-4-3-6-10-8(9)5-7-12/h5,8-9,12-13H,4,6-7,10-11H2,1-3H3,(H,21,26)(H,23,27,29);3-4,6-7,12H,5H2,1-2H3/t12-,13?;/m0./s1. The van der Waals surface area contributed by atoms with Crippen LogP contribution in [-0.2, 0) is 17.6 Å². The quantitative estimate of drug-likeness (QED) is 0.225. The van der Waals surface area contributed by atoms with Gasteiger partial charge >= 0.3 is 0 Å². The van der Waals surface area contributed by atoms with Gasteiger partial charge in [0, 0.05) is 65.9 Å². The number of rotatable bonds is 10. The predicted molar refractivity (Wildman–Crippen MR) is 181 cm³/mol. The van der Waals surface area contributed by atoms with E-state index < -0.39 is 0 Å². The van der Waals surface area contributed by atoms with Gasteiger partial charge in [-0.1, -0.05) is 34.9 Å². The molecule has 1 unspecified atom stereocenters. The normalized spacial score (nSPS) is 16.0. The number of aromatic nitrogens is 6. The average molecular weight is 639 g/mol. The first-order valence-corrected chi connectivity index (χ1v) is 16.4. The van der Waals surface area contributed by atoms with Crippen LogP contribution in [0.1, 0.15) is 58.9 Å². The number of nitrogens with one attached hydrogen (secondary N) is 2. The third-order valence-electron chi connectivity index (χ3n) is 7.03. The second-order valence-corrected chi connectivity index (χ2v) is 13.0. The van der Waals surface area contributed by atoms with E-state index in [9.17, 15) is 4.79 Å². The zero-order chi connectivity index (χ0) is 30.8. The van der Waals surface area contributed by atoms with Crippen molar-refractivity contribution in [3.8, 4) is 0 Å². The molecular weight excluding hydrogens is 599 g/mol. The summed E-state index contributed by atoms with van der Waals surface area (Å²) in [4.78, 5) is 25.2. The summed E-state index contributed by atoms with van der Waals surface area (Å²) < 4.78 is 0. The summed E-state index contributed by atoms with van der Waals surface area (Å²) in [7, 11) is 13.1. The van der Waals surface area contributed by atoms with Gasteiger partial charge in [-0.25, -0.2) is 0 Å². The third-order valence-corrected chi connectivity index (χ3v) is 9.34. The first-order valence-electron chi connectivity index (χ1n) is 14.1. The molecule has 43 heavy (non-hydrogen) atoms. The van der Waals surface area contributed by atoms with Gasteiger partial charge in [0.2, 0.25) is 16.2 Å². The summed E-state index contributed by atoms with van der Waals surface area (Å²) >= 11 is 3.09. The van der Waals surface area contributed by atoms with Crippen molar-refractivity contribution in [2.24, 2.45) is 0 Å². The number of anilines is 4. The summed E-state index contributed by atoms with van der Waals surface area (Å²) in [5.74, 6) is 2.52. The van der Waals surface area contributed by atoms with Crippen LogP contribution in [0.2, 0.25) is 0 Å². The minimum Gasteiger partial charge on any atom is -0.376 e. The van der Waals surface area contributed by atoms with E-state index in [4.69, 9.17) is 0 Å². The van der Waals surface area contributed by atoms with Gasteiger partial charge < -0.3 is 20.4 Å². The van der Waals surface area contributed by atoms with Crippen LogP contribution >= 0.6 is 31.5 Å². The lowest BCUT2D eigenvalue weighted by Crippen LogP contribution is -2.18. The van der Waals surface area contributed by atoms with E-state index in [0.29, 0.717) is 17.0 Å². The van der Waals surface area contributed by atoms with Crippen LogP contribution in [0.5, 0.6) is 0 Å². The molecule has 14 heteroatoms. The molecule has 4 aromatic heterocycles. The molecule has 0 spiro atoms. The van der Waals surface area contributed by atoms with Crippen molar-refractivity contribution in [3.05, 3.63) is 58.1 Å². The largest absolute Gasteiger partial charge is 0.376 e. The Labute approximate surface area is 263 Å². The molecule has 1 amide bonds. The maximum atomic E-state index is 12.6. The van der Waals surface area contributed by atoms with E-state index in [1.165, 1.54) is 17.0 Å². The maximum absolute atomic E-state index is 12.6. The van der Waals surface area contributed by atoms with Gasteiger partial charge in [-0.05, 0) is 43.5 Å². The molecule has 0 aromatic carbocycles. The Morgan fingerprint density at radius 3 is 2.02 bits per heavy atom. The highest BCUT2D eigenvalue weighted by Gasteiger charge is 2.29. The van der Waals surface area contributed by atoms with Crippen LogP contribution < -0.4 is 20.4 Å². The maximum Gasteiger partial charge on any atom is 0.232 e. The molecule has 0 radical (unpaired) electrons. The number of carbonyl (C=O) groups is 1. The van der Waals surface area contributed by atoms with Gasteiger partial charge in [0.05, 0.1) is 29.2 Å². The van der Waals surface area contributed by atoms with Gasteiger partial charge in [0.25, 0.3) is 0 Å². The molecule has 0 saturated heterocycles. The second kappa shape index (κ2) is 15.8. The number of hydrogen-bond acceptors (Lipinski definition) is 12. The highest BCUT2D eigenvalue weighted by atomic mass is 32.1. The smallest absolute Gasteiger partial charge is 0.232 e. The van der Waals surface area contributed by atoms with Crippen LogP contribution in [0.15, 0.2) is 36.7 Å². The Balaban J connectivity index is 0.000000296. The molecule has 1 fully saturated rings. The van der Waals surface area contributed by atoms with Crippen molar-refractivity contribution in [2.75, 3.05) is 55.7 Å². The molecule has 2 atom stereocenters. The summed E-state index contributed by atoms with van der Waals surface area (Å²) in [6.07, 6.45) is 8.88. The Kier molecular flexibility index (Phi) is 11.9. The lowest BCUT2D eigenvalue weighted by molar-refractivity contribution is -0.115. The number of nitrogens with zero attached hydrogens (tertiary/aromatic N) is 8. The van der Waals surface area contributed by atoms with Crippen LogP contribution in [0.4, 0.5) is 21.6 Å². The molecule has 2 N–H and O–H groups in total. The molecule has 1 aliphatic carbocycles. The molecule has 1 aliphatic rings. The van der Waals surface area contributed by atoms with Crippen molar-refractivity contribution >= 4 is 64.9 Å². The van der Waals surface area contributed by atoms with E-state index in [0.717, 1.165) is 64.3 Å². The van der Waals surface area contributed by atoms with E-state index >= 15 is 0 Å². The zero-order valence-corrected chi connectivity index (χ0v) is 27.9. The summed E-state index contributed by atoms with van der Waals surface area (Å²) in [6.45, 7) is 0. The van der Waals surface area contributed by atoms with Crippen LogP contribution in [0.25, 0.3) is 0 Å². The SMILES string of the molecule is CN(C)c1cccnc1CC=P.CNc1nnc([C@H]2CCCC(c3nnc(NC(=O)Cc4ncccc4N(C)C)s3)C2)s1. The minimum atomic E-state index is -0.139. The zero-order valence-electron chi connectivity index (χ0n) is 25.2. The highest BCUT2D eigenvalue weighted by molar-refractivity contribution is 7.18. The third kappa shape index (κ3) is 8.98. The molecule has 11 nitrogen and oxygen atoms in total. The summed E-state index contributed by atoms with van der Waals surface area (Å²) in [6, 6.07) is 7.84. The molecule has 4 heterocycles. The first kappa shape index (κ1) is 32.4. The first-order chi connectivity index (χ1) is 20.8. The Morgan fingerprint density at radius 1 is 0.907 bits per heavy atom. The number of amides is 1. The van der Waals surface area contributed by atoms with Gasteiger partial charge in [0.1, 0.15) is 10.0 Å². The molecule has 0 bridgehead atoms. The van der Waals surface area contributed by atoms with Gasteiger partial charge in [-0.2, -0.15) is 0 Å². The van der Waals surface area contributed by atoms with Crippen LogP contribution in [0, 0.1) is 0 Å². The highest BCUT2D eigenvalue weighted by Crippen LogP contribution is 2.43. The van der Waals surface area contributed by atoms with E-state index in [-0.39, 0.29) is 12.3 Å². The van der Waals surface area contributed by atoms with Crippen molar-refractivity contribution in [1.29, 1.82) is 0 Å². The van der Waals surface area contributed by atoms with Crippen molar-refractivity contribution in [2.45, 2.75) is 50.4 Å². The molecule has 1 saturated carbocycles. The lowest BCUT2D eigenvalue weighted by Gasteiger charge is -2.25. The van der Waals surface area contributed by atoms with Gasteiger partial charge in [-0.3, -0.25) is 14.8 Å².